The molecule has 0 saturated heterocycles. The highest BCUT2D eigenvalue weighted by atomic mass is 32.2. The minimum atomic E-state index is 0.334. The number of ether oxygens (including phenoxy) is 2. The molecule has 3 aromatic carbocycles. The summed E-state index contributed by atoms with van der Waals surface area (Å²) in [5.74, 6) is 2.41. The van der Waals surface area contributed by atoms with Gasteiger partial charge in [-0.15, -0.1) is 10.2 Å². The number of rotatable bonds is 11. The molecule has 0 atom stereocenters. The molecule has 4 rings (SSSR count). The van der Waals surface area contributed by atoms with Gasteiger partial charge in [0.25, 0.3) is 0 Å². The van der Waals surface area contributed by atoms with Crippen molar-refractivity contribution in [2.75, 3.05) is 19.5 Å². The average Bonchev–Trinajstić information content (AvgIpc) is 3.26. The first-order valence-electron chi connectivity index (χ1n) is 10.9. The zero-order valence-electron chi connectivity index (χ0n) is 18.6. The fourth-order valence-corrected chi connectivity index (χ4v) is 4.19. The highest BCUT2D eigenvalue weighted by Gasteiger charge is 2.14. The summed E-state index contributed by atoms with van der Waals surface area (Å²) in [6.45, 7) is 1.59. The summed E-state index contributed by atoms with van der Waals surface area (Å²) in [6.07, 6.45) is 4.26. The Morgan fingerprint density at radius 2 is 1.61 bits per heavy atom. The van der Waals surface area contributed by atoms with Crippen LogP contribution in [0.25, 0.3) is 17.2 Å². The zero-order valence-corrected chi connectivity index (χ0v) is 19.4. The molecule has 1 heterocycles. The van der Waals surface area contributed by atoms with Gasteiger partial charge in [0, 0.05) is 25.0 Å². The molecule has 6 heteroatoms. The second-order valence-corrected chi connectivity index (χ2v) is 8.31. The van der Waals surface area contributed by atoms with E-state index in [1.807, 2.05) is 54.6 Å². The Balaban J connectivity index is 1.45. The number of thioether (sulfide) groups is 1. The van der Waals surface area contributed by atoms with Crippen molar-refractivity contribution in [1.29, 1.82) is 0 Å². The lowest BCUT2D eigenvalue weighted by molar-refractivity contribution is 0.181. The Kier molecular flexibility index (Phi) is 8.33. The van der Waals surface area contributed by atoms with Gasteiger partial charge in [-0.2, -0.15) is 0 Å². The van der Waals surface area contributed by atoms with Crippen molar-refractivity contribution in [1.82, 2.24) is 14.8 Å². The van der Waals surface area contributed by atoms with E-state index in [0.717, 1.165) is 33.6 Å². The zero-order chi connectivity index (χ0) is 22.7. The molecular weight excluding hydrogens is 430 g/mol. The first-order chi connectivity index (χ1) is 16.3. The lowest BCUT2D eigenvalue weighted by Gasteiger charge is -2.13. The Morgan fingerprint density at radius 1 is 0.879 bits per heavy atom. The maximum absolute atomic E-state index is 6.21. The molecule has 0 N–H and O–H groups in total. The summed E-state index contributed by atoms with van der Waals surface area (Å²) in [5.41, 5.74) is 3.36. The number of aromatic nitrogens is 3. The Morgan fingerprint density at radius 3 is 2.39 bits per heavy atom. The smallest absolute Gasteiger partial charge is 0.191 e. The molecular formula is C27H27N3O2S. The fraction of sp³-hybridized carbons (Fsp3) is 0.185. The van der Waals surface area contributed by atoms with Crippen LogP contribution < -0.4 is 4.74 Å². The second-order valence-electron chi connectivity index (χ2n) is 7.32. The van der Waals surface area contributed by atoms with Crippen LogP contribution in [0.4, 0.5) is 0 Å². The van der Waals surface area contributed by atoms with E-state index in [9.17, 15) is 0 Å². The van der Waals surface area contributed by atoms with Gasteiger partial charge in [0.05, 0.1) is 6.61 Å². The van der Waals surface area contributed by atoms with E-state index in [1.165, 1.54) is 5.56 Å². The van der Waals surface area contributed by atoms with Gasteiger partial charge in [-0.05, 0) is 17.2 Å². The minimum absolute atomic E-state index is 0.334. The molecule has 0 spiro atoms. The molecule has 0 aliphatic rings. The highest BCUT2D eigenvalue weighted by molar-refractivity contribution is 7.99. The van der Waals surface area contributed by atoms with Crippen LogP contribution in [0.15, 0.2) is 96.2 Å². The van der Waals surface area contributed by atoms with Crippen molar-refractivity contribution in [2.45, 2.75) is 18.3 Å². The number of para-hydroxylation sites is 1. The second kappa shape index (κ2) is 12.0. The van der Waals surface area contributed by atoms with E-state index in [1.54, 1.807) is 18.9 Å². The molecule has 0 amide bonds. The van der Waals surface area contributed by atoms with Crippen LogP contribution in [-0.4, -0.2) is 34.2 Å². The summed E-state index contributed by atoms with van der Waals surface area (Å²) in [5, 5.41) is 9.68. The van der Waals surface area contributed by atoms with Crippen LogP contribution >= 0.6 is 11.8 Å². The topological polar surface area (TPSA) is 49.2 Å². The molecule has 5 nitrogen and oxygen atoms in total. The largest absolute Gasteiger partial charge is 0.485 e. The lowest BCUT2D eigenvalue weighted by atomic mass is 10.1. The molecule has 0 aliphatic heterocycles. The van der Waals surface area contributed by atoms with Gasteiger partial charge in [0.2, 0.25) is 0 Å². The summed E-state index contributed by atoms with van der Waals surface area (Å²) < 4.78 is 13.6. The van der Waals surface area contributed by atoms with E-state index < -0.39 is 0 Å². The average molecular weight is 458 g/mol. The van der Waals surface area contributed by atoms with E-state index in [0.29, 0.717) is 19.8 Å². The van der Waals surface area contributed by atoms with Gasteiger partial charge in [-0.3, -0.25) is 0 Å². The van der Waals surface area contributed by atoms with Crippen LogP contribution in [-0.2, 0) is 17.9 Å². The summed E-state index contributed by atoms with van der Waals surface area (Å²) in [4.78, 5) is 0. The molecule has 0 unspecified atom stereocenters. The van der Waals surface area contributed by atoms with Gasteiger partial charge in [0.1, 0.15) is 12.4 Å². The summed E-state index contributed by atoms with van der Waals surface area (Å²) in [7, 11) is 1.70. The van der Waals surface area contributed by atoms with Crippen LogP contribution in [0.3, 0.4) is 0 Å². The molecule has 168 valence electrons. The van der Waals surface area contributed by atoms with Crippen molar-refractivity contribution >= 4 is 17.8 Å². The van der Waals surface area contributed by atoms with Gasteiger partial charge in [-0.25, -0.2) is 0 Å². The van der Waals surface area contributed by atoms with Crippen molar-refractivity contribution in [2.24, 2.45) is 0 Å². The number of hydrogen-bond donors (Lipinski definition) is 0. The van der Waals surface area contributed by atoms with E-state index in [-0.39, 0.29) is 0 Å². The Labute approximate surface area is 199 Å². The molecule has 0 fully saturated rings. The fourth-order valence-electron chi connectivity index (χ4n) is 3.40. The monoisotopic (exact) mass is 457 g/mol. The van der Waals surface area contributed by atoms with Gasteiger partial charge < -0.3 is 14.0 Å². The first kappa shape index (κ1) is 22.8. The van der Waals surface area contributed by atoms with Crippen molar-refractivity contribution < 1.29 is 9.47 Å². The number of methoxy groups -OCH3 is 1. The van der Waals surface area contributed by atoms with Gasteiger partial charge >= 0.3 is 0 Å². The SMILES string of the molecule is COCCn1c(COc2ccccc2-c2ccccc2)nnc1SC/C=C/c1ccccc1. The molecule has 1 aromatic heterocycles. The normalized spacial score (nSPS) is 11.2. The molecule has 0 saturated carbocycles. The van der Waals surface area contributed by atoms with Crippen LogP contribution in [0.1, 0.15) is 11.4 Å². The van der Waals surface area contributed by atoms with Crippen molar-refractivity contribution in [3.63, 3.8) is 0 Å². The standard InChI is InChI=1S/C27H27N3O2S/c1-31-19-18-30-26(28-29-27(30)33-20-10-13-22-11-4-2-5-12-22)21-32-25-17-9-8-16-24(25)23-14-6-3-7-15-23/h2-17H,18-21H2,1H3/b13-10+. The molecule has 33 heavy (non-hydrogen) atoms. The molecule has 0 aliphatic carbocycles. The lowest BCUT2D eigenvalue weighted by Crippen LogP contribution is -2.12. The molecule has 4 aromatic rings. The van der Waals surface area contributed by atoms with Crippen LogP contribution in [0, 0.1) is 0 Å². The van der Waals surface area contributed by atoms with Gasteiger partial charge in [-0.1, -0.05) is 103 Å². The van der Waals surface area contributed by atoms with E-state index in [4.69, 9.17) is 9.47 Å². The first-order valence-corrected chi connectivity index (χ1v) is 11.9. The molecule has 0 radical (unpaired) electrons. The van der Waals surface area contributed by atoms with E-state index in [2.05, 4.69) is 57.2 Å². The number of benzene rings is 3. The quantitative estimate of drug-likeness (QED) is 0.260. The van der Waals surface area contributed by atoms with Crippen LogP contribution in [0.2, 0.25) is 0 Å². The maximum atomic E-state index is 6.21. The van der Waals surface area contributed by atoms with Crippen molar-refractivity contribution in [3.8, 4) is 16.9 Å². The number of nitrogens with zero attached hydrogens (tertiary/aromatic N) is 3. The third kappa shape index (κ3) is 6.34. The van der Waals surface area contributed by atoms with Crippen LogP contribution in [0.5, 0.6) is 5.75 Å². The van der Waals surface area contributed by atoms with Gasteiger partial charge in [0.15, 0.2) is 11.0 Å². The van der Waals surface area contributed by atoms with E-state index >= 15 is 0 Å². The van der Waals surface area contributed by atoms with Crippen molar-refractivity contribution in [3.05, 3.63) is 102 Å². The summed E-state index contributed by atoms with van der Waals surface area (Å²) in [6, 6.07) is 28.6. The highest BCUT2D eigenvalue weighted by Crippen LogP contribution is 2.30. The summed E-state index contributed by atoms with van der Waals surface area (Å²) >= 11 is 1.65. The molecule has 0 bridgehead atoms. The predicted octanol–water partition coefficient (Wildman–Crippen LogP) is 5.98. The number of hydrogen-bond acceptors (Lipinski definition) is 5. The third-order valence-corrected chi connectivity index (χ3v) is 5.98. The predicted molar refractivity (Wildman–Crippen MR) is 134 cm³/mol. The Hall–Kier alpha value is -3.35. The third-order valence-electron chi connectivity index (χ3n) is 5.06. The maximum Gasteiger partial charge on any atom is 0.191 e. The minimum Gasteiger partial charge on any atom is -0.485 e. The Bertz CT molecular complexity index is 1160.